The van der Waals surface area contributed by atoms with Gasteiger partial charge in [0.15, 0.2) is 5.65 Å². The van der Waals surface area contributed by atoms with Crippen molar-refractivity contribution in [3.63, 3.8) is 0 Å². The van der Waals surface area contributed by atoms with Gasteiger partial charge in [-0.2, -0.15) is 4.98 Å². The molecule has 0 aliphatic carbocycles. The lowest BCUT2D eigenvalue weighted by molar-refractivity contribution is 0.590. The highest BCUT2D eigenvalue weighted by Gasteiger charge is 2.15. The first kappa shape index (κ1) is 12.6. The second-order valence-electron chi connectivity index (χ2n) is 5.86. The normalized spacial score (nSPS) is 11.9. The van der Waals surface area contributed by atoms with Gasteiger partial charge in [0.25, 0.3) is 0 Å². The third-order valence-electron chi connectivity index (χ3n) is 3.33. The Morgan fingerprint density at radius 1 is 1.05 bits per heavy atom. The Labute approximate surface area is 117 Å². The molecule has 0 atom stereocenters. The molecule has 2 aromatic heterocycles. The van der Waals surface area contributed by atoms with E-state index in [0.29, 0.717) is 5.65 Å². The molecule has 0 unspecified atom stereocenters. The van der Waals surface area contributed by atoms with Gasteiger partial charge >= 0.3 is 0 Å². The summed E-state index contributed by atoms with van der Waals surface area (Å²) in [6.45, 7) is 6.58. The molecule has 5 heteroatoms. The first-order chi connectivity index (χ1) is 9.45. The molecule has 0 aliphatic rings. The standard InChI is InChI=1S/C15H17N5/c1-15(2,3)10-6-4-9(5-7-10)11-12-13(18-8-17-12)20-14(16)19-11/h4-8H,1-3H3,(H3,16,17,18,19,20). The average molecular weight is 267 g/mol. The number of nitrogens with one attached hydrogen (secondary N) is 1. The number of fused-ring (bicyclic) bond motifs is 1. The number of nitrogens with zero attached hydrogens (tertiary/aromatic N) is 3. The lowest BCUT2D eigenvalue weighted by Crippen LogP contribution is -2.10. The van der Waals surface area contributed by atoms with E-state index in [1.807, 2.05) is 0 Å². The van der Waals surface area contributed by atoms with Crippen LogP contribution in [-0.2, 0) is 5.41 Å². The first-order valence-corrected chi connectivity index (χ1v) is 6.52. The zero-order valence-corrected chi connectivity index (χ0v) is 11.8. The van der Waals surface area contributed by atoms with Gasteiger partial charge in [0.1, 0.15) is 11.2 Å². The molecule has 0 aliphatic heterocycles. The van der Waals surface area contributed by atoms with Gasteiger partial charge in [0, 0.05) is 5.56 Å². The van der Waals surface area contributed by atoms with Crippen molar-refractivity contribution in [3.05, 3.63) is 36.2 Å². The number of aromatic amines is 1. The Hall–Kier alpha value is -2.43. The minimum atomic E-state index is 0.131. The predicted octanol–water partition coefficient (Wildman–Crippen LogP) is 2.90. The molecule has 0 radical (unpaired) electrons. The van der Waals surface area contributed by atoms with Crippen LogP contribution in [0, 0.1) is 0 Å². The van der Waals surface area contributed by atoms with Gasteiger partial charge in [-0.05, 0) is 11.0 Å². The summed E-state index contributed by atoms with van der Waals surface area (Å²) in [4.78, 5) is 15.6. The Bertz CT molecular complexity index is 750. The second kappa shape index (κ2) is 4.30. The Morgan fingerprint density at radius 2 is 1.75 bits per heavy atom. The average Bonchev–Trinajstić information content (AvgIpc) is 2.85. The maximum absolute atomic E-state index is 5.74. The quantitative estimate of drug-likeness (QED) is 0.710. The third-order valence-corrected chi connectivity index (χ3v) is 3.33. The van der Waals surface area contributed by atoms with Crippen LogP contribution < -0.4 is 5.73 Å². The molecule has 102 valence electrons. The van der Waals surface area contributed by atoms with Crippen molar-refractivity contribution in [2.24, 2.45) is 0 Å². The van der Waals surface area contributed by atoms with Gasteiger partial charge in [0.05, 0.1) is 6.33 Å². The topological polar surface area (TPSA) is 80.5 Å². The largest absolute Gasteiger partial charge is 0.368 e. The van der Waals surface area contributed by atoms with E-state index < -0.39 is 0 Å². The highest BCUT2D eigenvalue weighted by atomic mass is 15.1. The highest BCUT2D eigenvalue weighted by molar-refractivity contribution is 5.87. The Kier molecular flexibility index (Phi) is 2.71. The highest BCUT2D eigenvalue weighted by Crippen LogP contribution is 2.28. The second-order valence-corrected chi connectivity index (χ2v) is 5.86. The summed E-state index contributed by atoms with van der Waals surface area (Å²) in [7, 11) is 0. The van der Waals surface area contributed by atoms with Gasteiger partial charge in [-0.3, -0.25) is 0 Å². The fourth-order valence-electron chi connectivity index (χ4n) is 2.19. The summed E-state index contributed by atoms with van der Waals surface area (Å²) in [5, 5.41) is 0. The van der Waals surface area contributed by atoms with Crippen molar-refractivity contribution in [3.8, 4) is 11.3 Å². The lowest BCUT2D eigenvalue weighted by Gasteiger charge is -2.19. The van der Waals surface area contributed by atoms with Gasteiger partial charge < -0.3 is 10.7 Å². The Balaban J connectivity index is 2.14. The number of rotatable bonds is 1. The van der Waals surface area contributed by atoms with Crippen molar-refractivity contribution >= 4 is 17.1 Å². The maximum atomic E-state index is 5.74. The monoisotopic (exact) mass is 267 g/mol. The van der Waals surface area contributed by atoms with E-state index >= 15 is 0 Å². The van der Waals surface area contributed by atoms with E-state index in [9.17, 15) is 0 Å². The van der Waals surface area contributed by atoms with E-state index in [-0.39, 0.29) is 11.4 Å². The number of nitrogens with two attached hydrogens (primary N) is 1. The van der Waals surface area contributed by atoms with E-state index in [0.717, 1.165) is 16.8 Å². The number of benzene rings is 1. The van der Waals surface area contributed by atoms with Crippen LogP contribution in [0.5, 0.6) is 0 Å². The van der Waals surface area contributed by atoms with Gasteiger partial charge in [-0.15, -0.1) is 0 Å². The van der Waals surface area contributed by atoms with Crippen LogP contribution in [0.4, 0.5) is 5.95 Å². The number of anilines is 1. The number of H-pyrrole nitrogens is 1. The van der Waals surface area contributed by atoms with Crippen molar-refractivity contribution in [1.82, 2.24) is 19.9 Å². The molecule has 1 aromatic carbocycles. The van der Waals surface area contributed by atoms with E-state index in [2.05, 4.69) is 65.0 Å². The molecule has 0 spiro atoms. The molecule has 5 nitrogen and oxygen atoms in total. The van der Waals surface area contributed by atoms with Crippen molar-refractivity contribution in [1.29, 1.82) is 0 Å². The van der Waals surface area contributed by atoms with Crippen molar-refractivity contribution in [2.45, 2.75) is 26.2 Å². The number of hydrogen-bond acceptors (Lipinski definition) is 4. The summed E-state index contributed by atoms with van der Waals surface area (Å²) < 4.78 is 0. The number of hydrogen-bond donors (Lipinski definition) is 2. The molecule has 20 heavy (non-hydrogen) atoms. The van der Waals surface area contributed by atoms with Gasteiger partial charge in [-0.25, -0.2) is 9.97 Å². The molecule has 0 amide bonds. The molecule has 0 saturated carbocycles. The van der Waals surface area contributed by atoms with Crippen LogP contribution >= 0.6 is 0 Å². The zero-order valence-electron chi connectivity index (χ0n) is 11.8. The summed E-state index contributed by atoms with van der Waals surface area (Å²) in [5.74, 6) is 0.236. The number of nitrogen functional groups attached to an aromatic ring is 1. The molecular formula is C15H17N5. The minimum Gasteiger partial charge on any atom is -0.368 e. The summed E-state index contributed by atoms with van der Waals surface area (Å²) in [5.41, 5.74) is 10.3. The molecular weight excluding hydrogens is 250 g/mol. The molecule has 0 bridgehead atoms. The molecule has 3 rings (SSSR count). The fourth-order valence-corrected chi connectivity index (χ4v) is 2.19. The maximum Gasteiger partial charge on any atom is 0.222 e. The van der Waals surface area contributed by atoms with Crippen molar-refractivity contribution in [2.75, 3.05) is 5.73 Å². The zero-order chi connectivity index (χ0) is 14.3. The van der Waals surface area contributed by atoms with E-state index in [1.54, 1.807) is 6.33 Å². The van der Waals surface area contributed by atoms with Crippen LogP contribution in [0.2, 0.25) is 0 Å². The summed E-state index contributed by atoms with van der Waals surface area (Å²) >= 11 is 0. The van der Waals surface area contributed by atoms with Crippen LogP contribution in [0.25, 0.3) is 22.4 Å². The molecule has 3 N–H and O–H groups in total. The van der Waals surface area contributed by atoms with Crippen LogP contribution in [0.1, 0.15) is 26.3 Å². The number of aromatic nitrogens is 4. The van der Waals surface area contributed by atoms with E-state index in [4.69, 9.17) is 5.73 Å². The lowest BCUT2D eigenvalue weighted by atomic mass is 9.86. The minimum absolute atomic E-state index is 0.131. The summed E-state index contributed by atoms with van der Waals surface area (Å²) in [6.07, 6.45) is 1.60. The fraction of sp³-hybridized carbons (Fsp3) is 0.267. The molecule has 2 heterocycles. The molecule has 0 fully saturated rings. The number of imidazole rings is 1. The van der Waals surface area contributed by atoms with E-state index in [1.165, 1.54) is 5.56 Å². The first-order valence-electron chi connectivity index (χ1n) is 6.52. The van der Waals surface area contributed by atoms with Gasteiger partial charge in [0.2, 0.25) is 5.95 Å². The van der Waals surface area contributed by atoms with Crippen LogP contribution in [0.15, 0.2) is 30.6 Å². The van der Waals surface area contributed by atoms with Crippen molar-refractivity contribution < 1.29 is 0 Å². The molecule has 0 saturated heterocycles. The summed E-state index contributed by atoms with van der Waals surface area (Å²) in [6, 6.07) is 8.36. The van der Waals surface area contributed by atoms with Gasteiger partial charge in [-0.1, -0.05) is 45.0 Å². The SMILES string of the molecule is CC(C)(C)c1ccc(-c2nc(N)nc3nc[nH]c23)cc1. The Morgan fingerprint density at radius 3 is 2.40 bits per heavy atom. The van der Waals surface area contributed by atoms with Crippen LogP contribution in [-0.4, -0.2) is 19.9 Å². The smallest absolute Gasteiger partial charge is 0.222 e. The predicted molar refractivity (Wildman–Crippen MR) is 80.2 cm³/mol. The van der Waals surface area contributed by atoms with Crippen LogP contribution in [0.3, 0.4) is 0 Å². The third kappa shape index (κ3) is 2.11. The molecule has 3 aromatic rings.